The van der Waals surface area contributed by atoms with E-state index < -0.39 is 17.8 Å². The Morgan fingerprint density at radius 3 is 2.61 bits per heavy atom. The number of hydrogen-bond donors (Lipinski definition) is 1. The highest BCUT2D eigenvalue weighted by molar-refractivity contribution is 5.87. The van der Waals surface area contributed by atoms with E-state index in [-0.39, 0.29) is 25.1 Å². The van der Waals surface area contributed by atoms with Crippen molar-refractivity contribution in [3.8, 4) is 11.3 Å². The Bertz CT molecular complexity index is 1130. The summed E-state index contributed by atoms with van der Waals surface area (Å²) in [5.41, 5.74) is 6.80. The van der Waals surface area contributed by atoms with Crippen molar-refractivity contribution in [3.63, 3.8) is 0 Å². The second kappa shape index (κ2) is 9.02. The van der Waals surface area contributed by atoms with Crippen LogP contribution in [0.5, 0.6) is 0 Å². The predicted octanol–water partition coefficient (Wildman–Crippen LogP) is 3.10. The molecule has 0 saturated carbocycles. The number of hydrogen-bond acceptors (Lipinski definition) is 6. The maximum atomic E-state index is 12.8. The van der Waals surface area contributed by atoms with E-state index in [0.717, 1.165) is 17.7 Å². The molecule has 0 unspecified atom stereocenters. The van der Waals surface area contributed by atoms with Crippen molar-refractivity contribution in [1.29, 1.82) is 0 Å². The number of carbonyl (C=O) groups is 1. The molecule has 1 aliphatic rings. The van der Waals surface area contributed by atoms with Crippen LogP contribution in [0.25, 0.3) is 11.3 Å². The number of likely N-dealkylation sites (tertiary alicyclic amines) is 1. The van der Waals surface area contributed by atoms with Gasteiger partial charge in [0.1, 0.15) is 11.5 Å². The summed E-state index contributed by atoms with van der Waals surface area (Å²) in [5.74, 6) is 0.140. The van der Waals surface area contributed by atoms with Gasteiger partial charge >= 0.3 is 6.18 Å². The molecule has 1 amide bonds. The summed E-state index contributed by atoms with van der Waals surface area (Å²) in [6, 6.07) is 7.88. The number of nitrogens with zero attached hydrogens (tertiary/aromatic N) is 5. The minimum absolute atomic E-state index is 0.0822. The smallest absolute Gasteiger partial charge is 0.384 e. The molecule has 1 fully saturated rings. The summed E-state index contributed by atoms with van der Waals surface area (Å²) in [5, 5.41) is 8.38. The Morgan fingerprint density at radius 2 is 1.97 bits per heavy atom. The van der Waals surface area contributed by atoms with Crippen LogP contribution in [-0.2, 0) is 22.3 Å². The van der Waals surface area contributed by atoms with Gasteiger partial charge in [-0.3, -0.25) is 4.79 Å². The third-order valence-electron chi connectivity index (χ3n) is 5.40. The summed E-state index contributed by atoms with van der Waals surface area (Å²) in [6.45, 7) is 4.22. The zero-order valence-electron chi connectivity index (χ0n) is 17.4. The zero-order chi connectivity index (χ0) is 23.6. The molecule has 2 N–H and O–H groups in total. The van der Waals surface area contributed by atoms with Crippen molar-refractivity contribution < 1.29 is 22.7 Å². The van der Waals surface area contributed by atoms with Crippen molar-refractivity contribution in [2.45, 2.75) is 24.9 Å². The van der Waals surface area contributed by atoms with E-state index >= 15 is 0 Å². The van der Waals surface area contributed by atoms with E-state index in [4.69, 9.17) is 10.5 Å². The van der Waals surface area contributed by atoms with Gasteiger partial charge in [0.15, 0.2) is 0 Å². The van der Waals surface area contributed by atoms with Gasteiger partial charge < -0.3 is 15.4 Å². The van der Waals surface area contributed by atoms with Gasteiger partial charge in [-0.25, -0.2) is 9.67 Å². The third-order valence-corrected chi connectivity index (χ3v) is 5.40. The van der Waals surface area contributed by atoms with Crippen LogP contribution in [0.2, 0.25) is 0 Å². The van der Waals surface area contributed by atoms with Crippen LogP contribution in [0.4, 0.5) is 19.0 Å². The maximum Gasteiger partial charge on any atom is 0.416 e. The van der Waals surface area contributed by atoms with Crippen molar-refractivity contribution in [2.75, 3.05) is 18.8 Å². The average molecular weight is 458 g/mol. The molecule has 0 spiro atoms. The van der Waals surface area contributed by atoms with Gasteiger partial charge in [-0.1, -0.05) is 23.9 Å². The molecule has 1 saturated heterocycles. The lowest BCUT2D eigenvalue weighted by Gasteiger charge is -2.19. The van der Waals surface area contributed by atoms with Gasteiger partial charge in [0.05, 0.1) is 30.5 Å². The van der Waals surface area contributed by atoms with Crippen molar-refractivity contribution >= 4 is 11.7 Å². The molecule has 4 rings (SSSR count). The van der Waals surface area contributed by atoms with Crippen LogP contribution >= 0.6 is 0 Å². The molecular formula is C22H21F3N6O2. The summed E-state index contributed by atoms with van der Waals surface area (Å²) in [6.07, 6.45) is -0.303. The lowest BCUT2D eigenvalue weighted by Crippen LogP contribution is -2.28. The number of alkyl halides is 3. The molecule has 1 aliphatic heterocycles. The number of ether oxygens (including phenoxy) is 1. The standard InChI is InChI=1S/C22H21F3N6O2/c1-2-21(32)30-11-18(31-10-17(28-29-31)15-5-8-20(26)27-9-15)19(12-30)33-13-14-3-6-16(7-4-14)22(23,24)25/h2-10,18-19H,1,11-13H2,(H2,26,27)/t18-,19-/m1/s1. The van der Waals surface area contributed by atoms with Gasteiger partial charge in [-0.15, -0.1) is 5.10 Å². The summed E-state index contributed by atoms with van der Waals surface area (Å²) < 4.78 is 46.0. The Kier molecular flexibility index (Phi) is 6.14. The number of pyridine rings is 1. The molecule has 0 bridgehead atoms. The molecule has 3 aromatic rings. The summed E-state index contributed by atoms with van der Waals surface area (Å²) in [7, 11) is 0. The Balaban J connectivity index is 1.51. The molecule has 2 atom stereocenters. The maximum absolute atomic E-state index is 12.8. The fourth-order valence-electron chi connectivity index (χ4n) is 3.60. The number of nitrogen functional groups attached to an aromatic ring is 1. The van der Waals surface area contributed by atoms with Gasteiger partial charge in [-0.2, -0.15) is 13.2 Å². The van der Waals surface area contributed by atoms with E-state index in [2.05, 4.69) is 21.9 Å². The van der Waals surface area contributed by atoms with Crippen LogP contribution in [0.3, 0.4) is 0 Å². The van der Waals surface area contributed by atoms with E-state index in [1.807, 2.05) is 0 Å². The number of carbonyl (C=O) groups excluding carboxylic acids is 1. The number of nitrogens with two attached hydrogens (primary N) is 1. The van der Waals surface area contributed by atoms with Crippen LogP contribution in [0.15, 0.2) is 61.4 Å². The lowest BCUT2D eigenvalue weighted by molar-refractivity contribution is -0.137. The molecule has 2 aromatic heterocycles. The van der Waals surface area contributed by atoms with Crippen LogP contribution < -0.4 is 5.73 Å². The molecule has 0 aliphatic carbocycles. The molecule has 1 aromatic carbocycles. The monoisotopic (exact) mass is 458 g/mol. The summed E-state index contributed by atoms with van der Waals surface area (Å²) >= 11 is 0. The number of aromatic nitrogens is 4. The second-order valence-electron chi connectivity index (χ2n) is 7.61. The van der Waals surface area contributed by atoms with Gasteiger partial charge in [0, 0.05) is 24.8 Å². The van der Waals surface area contributed by atoms with Gasteiger partial charge in [0.2, 0.25) is 5.91 Å². The topological polar surface area (TPSA) is 99.2 Å². The molecule has 11 heteroatoms. The first-order chi connectivity index (χ1) is 15.7. The first-order valence-electron chi connectivity index (χ1n) is 10.1. The zero-order valence-corrected chi connectivity index (χ0v) is 17.4. The molecule has 172 valence electrons. The number of benzene rings is 1. The van der Waals surface area contributed by atoms with E-state index in [0.29, 0.717) is 23.6 Å². The largest absolute Gasteiger partial charge is 0.416 e. The highest BCUT2D eigenvalue weighted by Crippen LogP contribution is 2.30. The van der Waals surface area contributed by atoms with Crippen molar-refractivity contribution in [1.82, 2.24) is 24.9 Å². The Morgan fingerprint density at radius 1 is 1.21 bits per heavy atom. The first-order valence-corrected chi connectivity index (χ1v) is 10.1. The van der Waals surface area contributed by atoms with E-state index in [9.17, 15) is 18.0 Å². The number of amides is 1. The highest BCUT2D eigenvalue weighted by atomic mass is 19.4. The fraction of sp³-hybridized carbons (Fsp3) is 0.273. The minimum atomic E-state index is -4.40. The first kappa shape index (κ1) is 22.5. The molecule has 3 heterocycles. The highest BCUT2D eigenvalue weighted by Gasteiger charge is 2.37. The van der Waals surface area contributed by atoms with Crippen LogP contribution in [0.1, 0.15) is 17.2 Å². The van der Waals surface area contributed by atoms with Crippen LogP contribution in [0, 0.1) is 0 Å². The molecule has 0 radical (unpaired) electrons. The fourth-order valence-corrected chi connectivity index (χ4v) is 3.60. The third kappa shape index (κ3) is 5.03. The molecule has 8 nitrogen and oxygen atoms in total. The Hall–Kier alpha value is -3.73. The second-order valence-corrected chi connectivity index (χ2v) is 7.61. The van der Waals surface area contributed by atoms with E-state index in [1.54, 1.807) is 34.1 Å². The van der Waals surface area contributed by atoms with Crippen molar-refractivity contribution in [3.05, 3.63) is 72.6 Å². The van der Waals surface area contributed by atoms with Gasteiger partial charge in [0.25, 0.3) is 0 Å². The quantitative estimate of drug-likeness (QED) is 0.570. The number of halogens is 3. The van der Waals surface area contributed by atoms with Crippen LogP contribution in [-0.4, -0.2) is 50.0 Å². The number of anilines is 1. The number of rotatable bonds is 6. The average Bonchev–Trinajstić information content (AvgIpc) is 3.45. The normalized spacial score (nSPS) is 18.5. The SMILES string of the molecule is C=CC(=O)N1C[C@@H](n2cc(-c3ccc(N)nc3)nn2)[C@H](OCc2ccc(C(F)(F)F)cc2)C1. The molecular weight excluding hydrogens is 437 g/mol. The van der Waals surface area contributed by atoms with E-state index in [1.165, 1.54) is 18.2 Å². The van der Waals surface area contributed by atoms with Crippen molar-refractivity contribution in [2.24, 2.45) is 0 Å². The predicted molar refractivity (Wildman–Crippen MR) is 114 cm³/mol. The Labute approximate surface area is 187 Å². The van der Waals surface area contributed by atoms with Gasteiger partial charge in [-0.05, 0) is 35.9 Å². The summed E-state index contributed by atoms with van der Waals surface area (Å²) in [4.78, 5) is 17.8. The lowest BCUT2D eigenvalue weighted by atomic mass is 10.1. The molecule has 33 heavy (non-hydrogen) atoms. The minimum Gasteiger partial charge on any atom is -0.384 e.